The van der Waals surface area contributed by atoms with Crippen LogP contribution in [0, 0.1) is 0 Å². The Kier molecular flexibility index (Phi) is 2.20. The molecule has 2 heterocycles. The molecule has 0 atom stereocenters. The number of anilines is 1. The van der Waals surface area contributed by atoms with Crippen LogP contribution >= 0.6 is 11.8 Å². The smallest absolute Gasteiger partial charge is 0.174 e. The first-order chi connectivity index (χ1) is 6.66. The zero-order valence-corrected chi connectivity index (χ0v) is 8.82. The van der Waals surface area contributed by atoms with Crippen molar-refractivity contribution in [3.05, 3.63) is 18.6 Å². The number of nitrogens with zero attached hydrogens (tertiary/aromatic N) is 4. The summed E-state index contributed by atoms with van der Waals surface area (Å²) in [6, 6.07) is 0. The number of nitrogen functional groups attached to an aromatic ring is 1. The lowest BCUT2D eigenvalue weighted by Gasteiger charge is -1.98. The Hall–Kier alpha value is -1.43. The molecule has 0 aromatic carbocycles. The summed E-state index contributed by atoms with van der Waals surface area (Å²) in [7, 11) is 3.79. The second kappa shape index (κ2) is 3.38. The van der Waals surface area contributed by atoms with Gasteiger partial charge in [0.05, 0.1) is 5.69 Å². The van der Waals surface area contributed by atoms with Gasteiger partial charge in [0.25, 0.3) is 0 Å². The molecular formula is C8H11N5S. The molecule has 2 aromatic heterocycles. The Balaban J connectivity index is 2.27. The number of aryl methyl sites for hydroxylation is 2. The molecule has 6 heteroatoms. The van der Waals surface area contributed by atoms with Gasteiger partial charge < -0.3 is 10.3 Å². The molecule has 0 unspecified atom stereocenters. The van der Waals surface area contributed by atoms with Gasteiger partial charge >= 0.3 is 0 Å². The van der Waals surface area contributed by atoms with E-state index >= 15 is 0 Å². The Morgan fingerprint density at radius 3 is 2.71 bits per heavy atom. The standard InChI is InChI=1S/C8H11N5S/c1-12-4-3-10-8(12)14-7-6(9)5-13(2)11-7/h3-5H,9H2,1-2H3. The lowest BCUT2D eigenvalue weighted by Crippen LogP contribution is -1.91. The third-order valence-electron chi connectivity index (χ3n) is 1.79. The van der Waals surface area contributed by atoms with Crippen molar-refractivity contribution < 1.29 is 0 Å². The molecule has 2 N–H and O–H groups in total. The van der Waals surface area contributed by atoms with E-state index in [0.717, 1.165) is 10.2 Å². The van der Waals surface area contributed by atoms with E-state index in [-0.39, 0.29) is 0 Å². The molecule has 0 aliphatic rings. The van der Waals surface area contributed by atoms with Crippen molar-refractivity contribution in [2.24, 2.45) is 14.1 Å². The minimum Gasteiger partial charge on any atom is -0.395 e. The molecule has 0 saturated heterocycles. The fourth-order valence-corrected chi connectivity index (χ4v) is 1.93. The van der Waals surface area contributed by atoms with Gasteiger partial charge in [0.2, 0.25) is 0 Å². The number of hydrogen-bond donors (Lipinski definition) is 1. The topological polar surface area (TPSA) is 61.7 Å². The maximum absolute atomic E-state index is 5.77. The molecule has 0 spiro atoms. The first kappa shape index (κ1) is 9.14. The molecule has 2 rings (SSSR count). The van der Waals surface area contributed by atoms with Crippen LogP contribution in [0.15, 0.2) is 28.8 Å². The van der Waals surface area contributed by atoms with Crippen molar-refractivity contribution in [2.75, 3.05) is 5.73 Å². The van der Waals surface area contributed by atoms with E-state index in [2.05, 4.69) is 10.1 Å². The highest BCUT2D eigenvalue weighted by Crippen LogP contribution is 2.28. The molecule has 5 nitrogen and oxygen atoms in total. The second-order valence-electron chi connectivity index (χ2n) is 2.99. The molecule has 0 aliphatic carbocycles. The van der Waals surface area contributed by atoms with E-state index < -0.39 is 0 Å². The van der Waals surface area contributed by atoms with Crippen LogP contribution in [0.4, 0.5) is 5.69 Å². The normalized spacial score (nSPS) is 10.7. The highest BCUT2D eigenvalue weighted by Gasteiger charge is 2.08. The van der Waals surface area contributed by atoms with Crippen molar-refractivity contribution >= 4 is 17.4 Å². The molecule has 0 bridgehead atoms. The van der Waals surface area contributed by atoms with Crippen LogP contribution in [0.5, 0.6) is 0 Å². The van der Waals surface area contributed by atoms with E-state index in [1.54, 1.807) is 17.1 Å². The Morgan fingerprint density at radius 2 is 2.21 bits per heavy atom. The van der Waals surface area contributed by atoms with Crippen LogP contribution < -0.4 is 5.73 Å². The predicted octanol–water partition coefficient (Wildman–Crippen LogP) is 0.887. The first-order valence-corrected chi connectivity index (χ1v) is 4.93. The molecule has 0 radical (unpaired) electrons. The molecular weight excluding hydrogens is 198 g/mol. The number of nitrogens with two attached hydrogens (primary N) is 1. The van der Waals surface area contributed by atoms with Gasteiger partial charge in [0.15, 0.2) is 5.16 Å². The van der Waals surface area contributed by atoms with Gasteiger partial charge in [-0.2, -0.15) is 5.10 Å². The number of rotatable bonds is 2. The highest BCUT2D eigenvalue weighted by molar-refractivity contribution is 7.99. The van der Waals surface area contributed by atoms with E-state index in [1.807, 2.05) is 24.9 Å². The summed E-state index contributed by atoms with van der Waals surface area (Å²) in [6.07, 6.45) is 5.42. The number of hydrogen-bond acceptors (Lipinski definition) is 4. The van der Waals surface area contributed by atoms with E-state index in [4.69, 9.17) is 5.73 Å². The summed E-state index contributed by atoms with van der Waals surface area (Å²) in [5.41, 5.74) is 6.45. The summed E-state index contributed by atoms with van der Waals surface area (Å²) in [5, 5.41) is 5.91. The van der Waals surface area contributed by atoms with Crippen LogP contribution in [0.25, 0.3) is 0 Å². The zero-order valence-electron chi connectivity index (χ0n) is 8.01. The molecule has 0 aliphatic heterocycles. The summed E-state index contributed by atoms with van der Waals surface area (Å²) in [5.74, 6) is 0. The van der Waals surface area contributed by atoms with Gasteiger partial charge in [-0.15, -0.1) is 0 Å². The van der Waals surface area contributed by atoms with Crippen LogP contribution in [-0.4, -0.2) is 19.3 Å². The van der Waals surface area contributed by atoms with Crippen LogP contribution in [0.1, 0.15) is 0 Å². The van der Waals surface area contributed by atoms with E-state index in [1.165, 1.54) is 11.8 Å². The SMILES string of the molecule is Cn1cc(N)c(Sc2nccn2C)n1. The van der Waals surface area contributed by atoms with E-state index in [9.17, 15) is 0 Å². The molecule has 0 fully saturated rings. The molecule has 2 aromatic rings. The van der Waals surface area contributed by atoms with Crippen LogP contribution in [0.2, 0.25) is 0 Å². The van der Waals surface area contributed by atoms with Crippen molar-refractivity contribution in [1.29, 1.82) is 0 Å². The monoisotopic (exact) mass is 209 g/mol. The van der Waals surface area contributed by atoms with Gasteiger partial charge in [-0.3, -0.25) is 4.68 Å². The van der Waals surface area contributed by atoms with Gasteiger partial charge in [0.1, 0.15) is 5.03 Å². The molecule has 74 valence electrons. The maximum atomic E-state index is 5.77. The van der Waals surface area contributed by atoms with E-state index in [0.29, 0.717) is 5.69 Å². The maximum Gasteiger partial charge on any atom is 0.174 e. The average molecular weight is 209 g/mol. The lowest BCUT2D eigenvalue weighted by atomic mass is 10.6. The number of aromatic nitrogens is 4. The largest absolute Gasteiger partial charge is 0.395 e. The zero-order chi connectivity index (χ0) is 10.1. The summed E-state index contributed by atoms with van der Waals surface area (Å²) in [4.78, 5) is 4.18. The molecule has 14 heavy (non-hydrogen) atoms. The summed E-state index contributed by atoms with van der Waals surface area (Å²) >= 11 is 1.46. The third kappa shape index (κ3) is 1.60. The van der Waals surface area contributed by atoms with Gasteiger partial charge in [-0.25, -0.2) is 4.98 Å². The molecule has 0 amide bonds. The summed E-state index contributed by atoms with van der Waals surface area (Å²) < 4.78 is 3.62. The van der Waals surface area contributed by atoms with Crippen molar-refractivity contribution in [3.63, 3.8) is 0 Å². The second-order valence-corrected chi connectivity index (χ2v) is 3.94. The quantitative estimate of drug-likeness (QED) is 0.797. The lowest BCUT2D eigenvalue weighted by molar-refractivity contribution is 0.734. The predicted molar refractivity (Wildman–Crippen MR) is 55.0 cm³/mol. The Morgan fingerprint density at radius 1 is 1.43 bits per heavy atom. The minimum absolute atomic E-state index is 0.681. The van der Waals surface area contributed by atoms with Crippen LogP contribution in [-0.2, 0) is 14.1 Å². The Bertz CT molecular complexity index is 444. The van der Waals surface area contributed by atoms with Gasteiger partial charge in [-0.1, -0.05) is 0 Å². The number of imidazole rings is 1. The van der Waals surface area contributed by atoms with Gasteiger partial charge in [-0.05, 0) is 11.8 Å². The first-order valence-electron chi connectivity index (χ1n) is 4.11. The Labute approximate surface area is 85.9 Å². The fourth-order valence-electron chi connectivity index (χ4n) is 1.10. The summed E-state index contributed by atoms with van der Waals surface area (Å²) in [6.45, 7) is 0. The van der Waals surface area contributed by atoms with Crippen molar-refractivity contribution in [2.45, 2.75) is 10.2 Å². The van der Waals surface area contributed by atoms with Crippen LogP contribution in [0.3, 0.4) is 0 Å². The van der Waals surface area contributed by atoms with Gasteiger partial charge in [0, 0.05) is 32.7 Å². The third-order valence-corrected chi connectivity index (χ3v) is 2.87. The highest BCUT2D eigenvalue weighted by atomic mass is 32.2. The van der Waals surface area contributed by atoms with Crippen molar-refractivity contribution in [1.82, 2.24) is 19.3 Å². The molecule has 0 saturated carbocycles. The average Bonchev–Trinajstić information content (AvgIpc) is 2.62. The minimum atomic E-state index is 0.681. The fraction of sp³-hybridized carbons (Fsp3) is 0.250. The van der Waals surface area contributed by atoms with Crippen molar-refractivity contribution in [3.8, 4) is 0 Å².